The number of allylic oxidation sites excluding steroid dienone is 1. The van der Waals surface area contributed by atoms with E-state index in [4.69, 9.17) is 9.73 Å². The summed E-state index contributed by atoms with van der Waals surface area (Å²) >= 11 is 0. The standard InChI is InChI=1S/C20H27N3O.HI/c1-5-22(6-2)15-9-11-17-19(13-15)24-20-14-16(23(7-3)8-4)10-12-18(20)21-17;/h9-15H,5-8H2,1-4H3;1H/p-1. The van der Waals surface area contributed by atoms with Crippen LogP contribution in [-0.4, -0.2) is 42.8 Å². The van der Waals surface area contributed by atoms with Gasteiger partial charge in [-0.05, 0) is 51.2 Å². The van der Waals surface area contributed by atoms with Gasteiger partial charge in [-0.2, -0.15) is 0 Å². The van der Waals surface area contributed by atoms with Crippen molar-refractivity contribution in [3.8, 4) is 5.75 Å². The molecule has 1 aromatic carbocycles. The minimum atomic E-state index is 0. The van der Waals surface area contributed by atoms with E-state index in [1.807, 2.05) is 0 Å². The van der Waals surface area contributed by atoms with Crippen LogP contribution in [0, 0.1) is 0 Å². The molecule has 1 atom stereocenters. The first-order valence-electron chi connectivity index (χ1n) is 9.00. The molecule has 5 heteroatoms. The molecule has 1 heterocycles. The number of aliphatic imine (C=N–C) groups is 1. The highest BCUT2D eigenvalue weighted by Gasteiger charge is 2.24. The van der Waals surface area contributed by atoms with Crippen LogP contribution in [0.25, 0.3) is 0 Å². The van der Waals surface area contributed by atoms with E-state index in [1.54, 1.807) is 0 Å². The normalized spacial score (nSPS) is 17.7. The van der Waals surface area contributed by atoms with Crippen LogP contribution in [0.15, 0.2) is 47.2 Å². The van der Waals surface area contributed by atoms with Crippen molar-refractivity contribution in [1.29, 1.82) is 0 Å². The lowest BCUT2D eigenvalue weighted by molar-refractivity contribution is -0.00000551. The molecule has 0 amide bonds. The highest BCUT2D eigenvalue weighted by molar-refractivity contribution is 6.10. The average molecular weight is 452 g/mol. The third kappa shape index (κ3) is 4.08. The van der Waals surface area contributed by atoms with Crippen LogP contribution in [0.5, 0.6) is 5.75 Å². The number of halogens is 1. The van der Waals surface area contributed by atoms with Gasteiger partial charge in [0.1, 0.15) is 11.4 Å². The maximum Gasteiger partial charge on any atom is 0.155 e. The molecule has 25 heavy (non-hydrogen) atoms. The zero-order valence-corrected chi connectivity index (χ0v) is 17.7. The number of likely N-dealkylation sites (N-methyl/N-ethyl adjacent to an activating group) is 1. The largest absolute Gasteiger partial charge is 1.00 e. The fourth-order valence-corrected chi connectivity index (χ4v) is 3.33. The van der Waals surface area contributed by atoms with E-state index in [-0.39, 0.29) is 30.0 Å². The Labute approximate surface area is 168 Å². The molecule has 0 bridgehead atoms. The van der Waals surface area contributed by atoms with E-state index in [2.05, 4.69) is 73.9 Å². The number of fused-ring (bicyclic) bond motifs is 2. The van der Waals surface area contributed by atoms with Crippen molar-refractivity contribution in [2.24, 2.45) is 4.99 Å². The van der Waals surface area contributed by atoms with E-state index < -0.39 is 0 Å². The number of anilines is 1. The maximum absolute atomic E-state index is 6.21. The minimum absolute atomic E-state index is 0. The summed E-state index contributed by atoms with van der Waals surface area (Å²) in [5, 5.41) is 0. The van der Waals surface area contributed by atoms with Gasteiger partial charge in [-0.25, -0.2) is 4.99 Å². The van der Waals surface area contributed by atoms with E-state index in [0.29, 0.717) is 0 Å². The molecular weight excluding hydrogens is 425 g/mol. The minimum Gasteiger partial charge on any atom is -1.00 e. The molecule has 3 rings (SSSR count). The number of rotatable bonds is 6. The first-order valence-corrected chi connectivity index (χ1v) is 9.00. The molecule has 0 saturated carbocycles. The second-order valence-corrected chi connectivity index (χ2v) is 6.03. The van der Waals surface area contributed by atoms with Crippen LogP contribution in [0.1, 0.15) is 27.7 Å². The second-order valence-electron chi connectivity index (χ2n) is 6.03. The number of ether oxygens (including phenoxy) is 1. The maximum atomic E-state index is 6.21. The first kappa shape index (κ1) is 20.0. The predicted molar refractivity (Wildman–Crippen MR) is 102 cm³/mol. The summed E-state index contributed by atoms with van der Waals surface area (Å²) in [6.45, 7) is 12.7. The van der Waals surface area contributed by atoms with E-state index >= 15 is 0 Å². The molecular formula is C20H27IN3O-. The van der Waals surface area contributed by atoms with Gasteiger partial charge >= 0.3 is 0 Å². The van der Waals surface area contributed by atoms with Crippen molar-refractivity contribution in [3.63, 3.8) is 0 Å². The van der Waals surface area contributed by atoms with Crippen LogP contribution in [0.2, 0.25) is 0 Å². The summed E-state index contributed by atoms with van der Waals surface area (Å²) < 4.78 is 6.21. The fourth-order valence-electron chi connectivity index (χ4n) is 3.33. The molecule has 2 aliphatic rings. The highest BCUT2D eigenvalue weighted by atomic mass is 127. The van der Waals surface area contributed by atoms with Crippen LogP contribution >= 0.6 is 0 Å². The lowest BCUT2D eigenvalue weighted by atomic mass is 10.0. The SMILES string of the molecule is CCN(CC)c1ccc2c(c1)OC1=CC(N(CC)CC)C=CC1=N2.[I-]. The Hall–Kier alpha value is -1.34. The van der Waals surface area contributed by atoms with Crippen LogP contribution in [0.3, 0.4) is 0 Å². The van der Waals surface area contributed by atoms with Crippen molar-refractivity contribution >= 4 is 17.1 Å². The molecule has 0 fully saturated rings. The second kappa shape index (κ2) is 8.85. The Morgan fingerprint density at radius 2 is 1.76 bits per heavy atom. The molecule has 0 N–H and O–H groups in total. The van der Waals surface area contributed by atoms with Crippen LogP contribution in [-0.2, 0) is 0 Å². The number of hydrogen-bond donors (Lipinski definition) is 0. The van der Waals surface area contributed by atoms with Gasteiger partial charge < -0.3 is 33.6 Å². The Morgan fingerprint density at radius 1 is 1.04 bits per heavy atom. The average Bonchev–Trinajstić information content (AvgIpc) is 2.62. The molecule has 0 spiro atoms. The van der Waals surface area contributed by atoms with E-state index in [0.717, 1.165) is 49.1 Å². The van der Waals surface area contributed by atoms with Gasteiger partial charge in [0, 0.05) is 24.8 Å². The third-order valence-corrected chi connectivity index (χ3v) is 4.79. The Bertz CT molecular complexity index is 688. The van der Waals surface area contributed by atoms with Crippen LogP contribution in [0.4, 0.5) is 11.4 Å². The van der Waals surface area contributed by atoms with Crippen molar-refractivity contribution in [2.75, 3.05) is 31.1 Å². The monoisotopic (exact) mass is 452 g/mol. The molecule has 1 aromatic rings. The van der Waals surface area contributed by atoms with Gasteiger partial charge in [-0.1, -0.05) is 19.9 Å². The summed E-state index contributed by atoms with van der Waals surface area (Å²) in [5.74, 6) is 1.72. The highest BCUT2D eigenvalue weighted by Crippen LogP contribution is 2.38. The zero-order chi connectivity index (χ0) is 17.1. The van der Waals surface area contributed by atoms with Gasteiger partial charge in [-0.3, -0.25) is 4.90 Å². The smallest absolute Gasteiger partial charge is 0.155 e. The Balaban J connectivity index is 0.00000225. The van der Waals surface area contributed by atoms with Gasteiger partial charge in [0.15, 0.2) is 11.5 Å². The Kier molecular flexibility index (Phi) is 7.07. The van der Waals surface area contributed by atoms with E-state index in [9.17, 15) is 0 Å². The molecule has 4 nitrogen and oxygen atoms in total. The van der Waals surface area contributed by atoms with Crippen molar-refractivity contribution < 1.29 is 28.7 Å². The molecule has 0 radical (unpaired) electrons. The van der Waals surface area contributed by atoms with E-state index in [1.165, 1.54) is 5.69 Å². The zero-order valence-electron chi connectivity index (χ0n) is 15.5. The number of nitrogens with zero attached hydrogens (tertiary/aromatic N) is 3. The van der Waals surface area contributed by atoms with Gasteiger partial charge in [0.2, 0.25) is 0 Å². The third-order valence-electron chi connectivity index (χ3n) is 4.79. The van der Waals surface area contributed by atoms with Crippen LogP contribution < -0.4 is 33.6 Å². The topological polar surface area (TPSA) is 28.1 Å². The molecule has 1 unspecified atom stereocenters. The number of benzene rings is 1. The molecule has 1 aliphatic heterocycles. The first-order chi connectivity index (χ1) is 11.7. The molecule has 0 saturated heterocycles. The van der Waals surface area contributed by atoms with Crippen molar-refractivity contribution in [3.05, 3.63) is 42.2 Å². The summed E-state index contributed by atoms with van der Waals surface area (Å²) in [6, 6.07) is 6.56. The van der Waals surface area contributed by atoms with Gasteiger partial charge in [-0.15, -0.1) is 0 Å². The van der Waals surface area contributed by atoms with Gasteiger partial charge in [0.05, 0.1) is 6.04 Å². The molecule has 0 aromatic heterocycles. The van der Waals surface area contributed by atoms with Crippen molar-refractivity contribution in [2.45, 2.75) is 33.7 Å². The van der Waals surface area contributed by atoms with Crippen molar-refractivity contribution in [1.82, 2.24) is 4.90 Å². The number of hydrogen-bond acceptors (Lipinski definition) is 4. The summed E-state index contributed by atoms with van der Waals surface area (Å²) in [7, 11) is 0. The molecule has 1 aliphatic carbocycles. The predicted octanol–water partition coefficient (Wildman–Crippen LogP) is 1.17. The molecule has 136 valence electrons. The fraction of sp³-hybridized carbons (Fsp3) is 0.450. The lowest BCUT2D eigenvalue weighted by Crippen LogP contribution is -3.00. The summed E-state index contributed by atoms with van der Waals surface area (Å²) in [5.41, 5.74) is 3.01. The quantitative estimate of drug-likeness (QED) is 0.607. The summed E-state index contributed by atoms with van der Waals surface area (Å²) in [6.07, 6.45) is 6.46. The Morgan fingerprint density at radius 3 is 2.40 bits per heavy atom. The summed E-state index contributed by atoms with van der Waals surface area (Å²) in [4.78, 5) is 9.47. The van der Waals surface area contributed by atoms with Gasteiger partial charge in [0.25, 0.3) is 0 Å². The lowest BCUT2D eigenvalue weighted by Gasteiger charge is -2.29.